The Morgan fingerprint density at radius 1 is 1.22 bits per heavy atom. The summed E-state index contributed by atoms with van der Waals surface area (Å²) in [7, 11) is 0. The van der Waals surface area contributed by atoms with Gasteiger partial charge in [0.05, 0.1) is 30.1 Å². The van der Waals surface area contributed by atoms with E-state index in [4.69, 9.17) is 9.40 Å². The van der Waals surface area contributed by atoms with Crippen LogP contribution in [-0.4, -0.2) is 9.38 Å². The molecule has 3 aromatic heterocycles. The molecular weight excluding hydrogens is 306 g/mol. The summed E-state index contributed by atoms with van der Waals surface area (Å²) >= 11 is 1.63. The predicted molar refractivity (Wildman–Crippen MR) is 90.3 cm³/mol. The van der Waals surface area contributed by atoms with Gasteiger partial charge < -0.3 is 4.42 Å². The lowest BCUT2D eigenvalue weighted by molar-refractivity contribution is 0.580. The molecule has 5 heteroatoms. The Morgan fingerprint density at radius 2 is 2.04 bits per heavy atom. The fourth-order valence-electron chi connectivity index (χ4n) is 2.85. The topological polar surface area (TPSA) is 54.2 Å². The second-order valence-corrected chi connectivity index (χ2v) is 6.39. The van der Waals surface area contributed by atoms with Gasteiger partial charge in [-0.15, -0.1) is 11.3 Å². The van der Waals surface area contributed by atoms with E-state index < -0.39 is 0 Å². The molecule has 112 valence electrons. The Kier molecular flexibility index (Phi) is 3.25. The number of aromatic nitrogens is 2. The zero-order chi connectivity index (χ0) is 15.8. The van der Waals surface area contributed by atoms with Gasteiger partial charge in [-0.3, -0.25) is 4.40 Å². The number of fused-ring (bicyclic) bond motifs is 1. The normalized spacial score (nSPS) is 11.0. The summed E-state index contributed by atoms with van der Waals surface area (Å²) in [6.45, 7) is 2.09. The van der Waals surface area contributed by atoms with Gasteiger partial charge in [-0.2, -0.15) is 5.26 Å². The number of nitriles is 1. The molecule has 0 aliphatic heterocycles. The maximum absolute atomic E-state index is 9.27. The molecule has 0 radical (unpaired) electrons. The van der Waals surface area contributed by atoms with Gasteiger partial charge in [0.1, 0.15) is 5.69 Å². The van der Waals surface area contributed by atoms with Crippen molar-refractivity contribution in [1.29, 1.82) is 5.26 Å². The first-order valence-corrected chi connectivity index (χ1v) is 8.08. The van der Waals surface area contributed by atoms with E-state index in [9.17, 15) is 5.26 Å². The van der Waals surface area contributed by atoms with Crippen LogP contribution in [0.3, 0.4) is 0 Å². The Balaban J connectivity index is 2.05. The summed E-state index contributed by atoms with van der Waals surface area (Å²) in [5, 5.41) is 9.27. The van der Waals surface area contributed by atoms with E-state index in [1.807, 2.05) is 30.3 Å². The van der Waals surface area contributed by atoms with E-state index in [1.54, 1.807) is 17.6 Å². The summed E-state index contributed by atoms with van der Waals surface area (Å²) in [6.07, 6.45) is 1.91. The highest BCUT2D eigenvalue weighted by Gasteiger charge is 2.22. The van der Waals surface area contributed by atoms with Crippen LogP contribution in [0.4, 0.5) is 0 Å². The Morgan fingerprint density at radius 3 is 2.74 bits per heavy atom. The van der Waals surface area contributed by atoms with Crippen molar-refractivity contribution in [1.82, 2.24) is 9.38 Å². The number of nitrogens with zero attached hydrogens (tertiary/aromatic N) is 3. The number of aryl methyl sites for hydroxylation is 1. The van der Waals surface area contributed by atoms with E-state index in [0.717, 1.165) is 27.6 Å². The summed E-state index contributed by atoms with van der Waals surface area (Å²) < 4.78 is 7.59. The van der Waals surface area contributed by atoms with Gasteiger partial charge in [0, 0.05) is 4.88 Å². The molecule has 4 aromatic rings. The van der Waals surface area contributed by atoms with Crippen molar-refractivity contribution in [3.63, 3.8) is 0 Å². The van der Waals surface area contributed by atoms with Crippen molar-refractivity contribution < 1.29 is 4.42 Å². The third kappa shape index (κ3) is 2.16. The summed E-state index contributed by atoms with van der Waals surface area (Å²) in [6, 6.07) is 16.2. The molecule has 0 aliphatic rings. The SMILES string of the molecule is Cc1sc2nc(-c3ccco3)c(CC#N)n2c1-c1ccccc1. The minimum absolute atomic E-state index is 0.285. The molecule has 0 atom stereocenters. The lowest BCUT2D eigenvalue weighted by atomic mass is 10.1. The largest absolute Gasteiger partial charge is 0.463 e. The smallest absolute Gasteiger partial charge is 0.195 e. The van der Waals surface area contributed by atoms with E-state index in [-0.39, 0.29) is 6.42 Å². The van der Waals surface area contributed by atoms with Crippen molar-refractivity contribution in [3.8, 4) is 28.8 Å². The van der Waals surface area contributed by atoms with Crippen molar-refractivity contribution in [3.05, 3.63) is 59.3 Å². The maximum Gasteiger partial charge on any atom is 0.195 e. The van der Waals surface area contributed by atoms with Gasteiger partial charge in [-0.1, -0.05) is 30.3 Å². The van der Waals surface area contributed by atoms with Crippen LogP contribution in [-0.2, 0) is 6.42 Å². The number of imidazole rings is 1. The minimum atomic E-state index is 0.285. The fraction of sp³-hybridized carbons (Fsp3) is 0.111. The van der Waals surface area contributed by atoms with Crippen LogP contribution in [0.1, 0.15) is 10.6 Å². The van der Waals surface area contributed by atoms with Crippen molar-refractivity contribution >= 4 is 16.3 Å². The second kappa shape index (κ2) is 5.41. The van der Waals surface area contributed by atoms with E-state index in [1.165, 1.54) is 4.88 Å². The third-order valence-corrected chi connectivity index (χ3v) is 4.75. The van der Waals surface area contributed by atoms with Crippen LogP contribution >= 0.6 is 11.3 Å². The first-order chi connectivity index (χ1) is 11.3. The van der Waals surface area contributed by atoms with E-state index >= 15 is 0 Å². The van der Waals surface area contributed by atoms with Crippen LogP contribution in [0.2, 0.25) is 0 Å². The first kappa shape index (κ1) is 13.8. The van der Waals surface area contributed by atoms with Crippen LogP contribution in [0, 0.1) is 18.3 Å². The molecule has 0 saturated heterocycles. The molecule has 0 unspecified atom stereocenters. The van der Waals surface area contributed by atoms with Gasteiger partial charge in [-0.25, -0.2) is 4.98 Å². The maximum atomic E-state index is 9.27. The monoisotopic (exact) mass is 319 g/mol. The first-order valence-electron chi connectivity index (χ1n) is 7.26. The number of benzene rings is 1. The van der Waals surface area contributed by atoms with Crippen LogP contribution in [0.5, 0.6) is 0 Å². The van der Waals surface area contributed by atoms with Gasteiger partial charge in [0.15, 0.2) is 10.7 Å². The highest BCUT2D eigenvalue weighted by molar-refractivity contribution is 7.17. The Hall–Kier alpha value is -2.84. The molecule has 0 amide bonds. The zero-order valence-corrected chi connectivity index (χ0v) is 13.3. The molecule has 4 nitrogen and oxygen atoms in total. The number of hydrogen-bond acceptors (Lipinski definition) is 4. The molecule has 3 heterocycles. The van der Waals surface area contributed by atoms with Gasteiger partial charge in [0.2, 0.25) is 0 Å². The summed E-state index contributed by atoms with van der Waals surface area (Å²) in [4.78, 5) is 6.79. The van der Waals surface area contributed by atoms with Crippen LogP contribution in [0.15, 0.2) is 53.1 Å². The number of hydrogen-bond donors (Lipinski definition) is 0. The van der Waals surface area contributed by atoms with Crippen molar-refractivity contribution in [2.75, 3.05) is 0 Å². The average molecular weight is 319 g/mol. The average Bonchev–Trinajstić information content (AvgIpc) is 3.25. The number of thiazole rings is 1. The molecular formula is C18H13N3OS. The molecule has 0 fully saturated rings. The molecule has 0 N–H and O–H groups in total. The molecule has 1 aromatic carbocycles. The highest BCUT2D eigenvalue weighted by atomic mass is 32.1. The number of furan rings is 1. The lowest BCUT2D eigenvalue weighted by Gasteiger charge is -2.05. The quantitative estimate of drug-likeness (QED) is 0.550. The van der Waals surface area contributed by atoms with E-state index in [2.05, 4.69) is 29.5 Å². The van der Waals surface area contributed by atoms with E-state index in [0.29, 0.717) is 5.76 Å². The third-order valence-electron chi connectivity index (χ3n) is 3.79. The molecule has 0 bridgehead atoms. The van der Waals surface area contributed by atoms with Crippen LogP contribution in [0.25, 0.3) is 27.7 Å². The Labute approximate surface area is 137 Å². The van der Waals surface area contributed by atoms with Crippen molar-refractivity contribution in [2.24, 2.45) is 0 Å². The summed E-state index contributed by atoms with van der Waals surface area (Å²) in [5.41, 5.74) is 3.85. The van der Waals surface area contributed by atoms with Crippen LogP contribution < -0.4 is 0 Å². The minimum Gasteiger partial charge on any atom is -0.463 e. The fourth-order valence-corrected chi connectivity index (χ4v) is 3.86. The molecule has 0 spiro atoms. The summed E-state index contributed by atoms with van der Waals surface area (Å²) in [5.74, 6) is 0.697. The lowest BCUT2D eigenvalue weighted by Crippen LogP contribution is -1.95. The molecule has 0 aliphatic carbocycles. The van der Waals surface area contributed by atoms with Gasteiger partial charge in [-0.05, 0) is 24.6 Å². The van der Waals surface area contributed by atoms with Gasteiger partial charge in [0.25, 0.3) is 0 Å². The zero-order valence-electron chi connectivity index (χ0n) is 12.5. The number of rotatable bonds is 3. The predicted octanol–water partition coefficient (Wildman–Crippen LogP) is 4.70. The second-order valence-electron chi connectivity index (χ2n) is 5.21. The Bertz CT molecular complexity index is 1000. The highest BCUT2D eigenvalue weighted by Crippen LogP contribution is 2.36. The van der Waals surface area contributed by atoms with Gasteiger partial charge >= 0.3 is 0 Å². The standard InChI is InChI=1S/C18H13N3OS/c1-12-17(13-6-3-2-4-7-13)21-14(9-10-19)16(20-18(21)23-12)15-8-5-11-22-15/h2-8,11H,9H2,1H3. The van der Waals surface area contributed by atoms with Crippen molar-refractivity contribution in [2.45, 2.75) is 13.3 Å². The molecule has 23 heavy (non-hydrogen) atoms. The molecule has 0 saturated carbocycles. The molecule has 4 rings (SSSR count).